The maximum absolute atomic E-state index is 12.5. The number of morpholine rings is 1. The maximum Gasteiger partial charge on any atom is 0.266 e. The molecule has 1 aliphatic heterocycles. The third-order valence-corrected chi connectivity index (χ3v) is 4.40. The first-order chi connectivity index (χ1) is 10.5. The van der Waals surface area contributed by atoms with E-state index in [1.165, 1.54) is 17.4 Å². The normalized spacial score (nSPS) is 18.5. The highest BCUT2D eigenvalue weighted by atomic mass is 32.1. The van der Waals surface area contributed by atoms with E-state index < -0.39 is 6.10 Å². The summed E-state index contributed by atoms with van der Waals surface area (Å²) in [5.41, 5.74) is 2.82. The monoisotopic (exact) mass is 320 g/mol. The molecule has 1 unspecified atom stereocenters. The van der Waals surface area contributed by atoms with E-state index in [1.54, 1.807) is 17.3 Å². The Kier molecular flexibility index (Phi) is 4.04. The molecule has 3 rings (SSSR count). The lowest BCUT2D eigenvalue weighted by Crippen LogP contribution is -2.43. The Morgan fingerprint density at radius 3 is 3.00 bits per heavy atom. The first-order valence-corrected chi connectivity index (χ1v) is 7.81. The van der Waals surface area contributed by atoms with Gasteiger partial charge in [-0.2, -0.15) is 0 Å². The van der Waals surface area contributed by atoms with E-state index in [0.29, 0.717) is 36.1 Å². The second kappa shape index (κ2) is 5.98. The van der Waals surface area contributed by atoms with Crippen molar-refractivity contribution in [3.63, 3.8) is 0 Å². The third kappa shape index (κ3) is 2.93. The number of rotatable bonds is 2. The number of H-pyrrole nitrogens is 1. The zero-order valence-corrected chi connectivity index (χ0v) is 13.1. The molecule has 1 saturated heterocycles. The van der Waals surface area contributed by atoms with Crippen LogP contribution in [0.3, 0.4) is 0 Å². The Morgan fingerprint density at radius 1 is 1.50 bits per heavy atom. The molecule has 1 aliphatic rings. The van der Waals surface area contributed by atoms with Crippen molar-refractivity contribution in [3.05, 3.63) is 44.0 Å². The van der Waals surface area contributed by atoms with Crippen LogP contribution in [0.5, 0.6) is 0 Å². The molecule has 1 N–H and O–H groups in total. The molecule has 1 fully saturated rings. The first-order valence-electron chi connectivity index (χ1n) is 6.93. The highest BCUT2D eigenvalue weighted by Crippen LogP contribution is 2.22. The lowest BCUT2D eigenvalue weighted by Gasteiger charge is -2.32. The molecule has 8 heteroatoms. The van der Waals surface area contributed by atoms with Crippen molar-refractivity contribution in [2.75, 3.05) is 19.7 Å². The Bertz CT molecular complexity index is 755. The second-order valence-electron chi connectivity index (χ2n) is 5.15. The standard InChI is InChI=1S/C14H16N4O3S/c1-8-5-11(19)17-13(16-8)10-6-18(3-4-21-10)14(20)12-9(2)15-7-22-12/h5,7,10H,3-4,6H2,1-2H3,(H,16,17,19). The van der Waals surface area contributed by atoms with E-state index in [2.05, 4.69) is 15.0 Å². The van der Waals surface area contributed by atoms with Gasteiger partial charge in [0.2, 0.25) is 0 Å². The van der Waals surface area contributed by atoms with Crippen LogP contribution in [-0.4, -0.2) is 45.5 Å². The summed E-state index contributed by atoms with van der Waals surface area (Å²) >= 11 is 1.34. The lowest BCUT2D eigenvalue weighted by atomic mass is 10.2. The number of aromatic amines is 1. The van der Waals surface area contributed by atoms with Crippen molar-refractivity contribution in [1.29, 1.82) is 0 Å². The van der Waals surface area contributed by atoms with E-state index in [4.69, 9.17) is 4.74 Å². The summed E-state index contributed by atoms with van der Waals surface area (Å²) in [6.07, 6.45) is -0.418. The van der Waals surface area contributed by atoms with Crippen molar-refractivity contribution in [2.45, 2.75) is 20.0 Å². The molecule has 0 spiro atoms. The van der Waals surface area contributed by atoms with Gasteiger partial charge in [0.1, 0.15) is 16.8 Å². The minimum absolute atomic E-state index is 0.0525. The number of carbonyl (C=O) groups excluding carboxylic acids is 1. The van der Waals surface area contributed by atoms with E-state index in [0.717, 1.165) is 5.69 Å². The van der Waals surface area contributed by atoms with Crippen molar-refractivity contribution in [3.8, 4) is 0 Å². The molecule has 1 atom stereocenters. The summed E-state index contributed by atoms with van der Waals surface area (Å²) < 4.78 is 5.66. The summed E-state index contributed by atoms with van der Waals surface area (Å²) in [7, 11) is 0. The smallest absolute Gasteiger partial charge is 0.266 e. The van der Waals surface area contributed by atoms with Crippen LogP contribution in [0.4, 0.5) is 0 Å². The Labute approximate surface area is 131 Å². The predicted molar refractivity (Wildman–Crippen MR) is 81.0 cm³/mol. The fourth-order valence-corrected chi connectivity index (χ4v) is 3.17. The third-order valence-electron chi connectivity index (χ3n) is 3.49. The van der Waals surface area contributed by atoms with Gasteiger partial charge in [0.15, 0.2) is 0 Å². The predicted octanol–water partition coefficient (Wildman–Crippen LogP) is 1.06. The van der Waals surface area contributed by atoms with Crippen LogP contribution < -0.4 is 5.56 Å². The first kappa shape index (κ1) is 14.9. The van der Waals surface area contributed by atoms with Crippen molar-refractivity contribution in [1.82, 2.24) is 19.9 Å². The van der Waals surface area contributed by atoms with Crippen LogP contribution in [0, 0.1) is 13.8 Å². The van der Waals surface area contributed by atoms with Gasteiger partial charge >= 0.3 is 0 Å². The van der Waals surface area contributed by atoms with Gasteiger partial charge in [0.05, 0.1) is 24.4 Å². The van der Waals surface area contributed by atoms with Gasteiger partial charge in [0, 0.05) is 18.3 Å². The molecule has 7 nitrogen and oxygen atoms in total. The van der Waals surface area contributed by atoms with Crippen LogP contribution in [0.2, 0.25) is 0 Å². The molecule has 0 aromatic carbocycles. The number of hydrogen-bond acceptors (Lipinski definition) is 6. The molecule has 2 aromatic heterocycles. The molecule has 22 heavy (non-hydrogen) atoms. The Morgan fingerprint density at radius 2 is 2.32 bits per heavy atom. The molecule has 0 bridgehead atoms. The second-order valence-corrected chi connectivity index (χ2v) is 6.00. The number of thiazole rings is 1. The number of ether oxygens (including phenoxy) is 1. The molecule has 1 amide bonds. The molecule has 3 heterocycles. The highest BCUT2D eigenvalue weighted by Gasteiger charge is 2.29. The fraction of sp³-hybridized carbons (Fsp3) is 0.429. The summed E-state index contributed by atoms with van der Waals surface area (Å²) in [6, 6.07) is 1.43. The van der Waals surface area contributed by atoms with Gasteiger partial charge in [-0.15, -0.1) is 11.3 Å². The van der Waals surface area contributed by atoms with E-state index in [1.807, 2.05) is 6.92 Å². The summed E-state index contributed by atoms with van der Waals surface area (Å²) in [5, 5.41) is 0. The average molecular weight is 320 g/mol. The molecule has 2 aromatic rings. The number of nitrogens with zero attached hydrogens (tertiary/aromatic N) is 3. The number of aryl methyl sites for hydroxylation is 2. The van der Waals surface area contributed by atoms with Crippen molar-refractivity contribution < 1.29 is 9.53 Å². The largest absolute Gasteiger partial charge is 0.367 e. The van der Waals surface area contributed by atoms with Crippen LogP contribution in [-0.2, 0) is 4.74 Å². The average Bonchev–Trinajstić information content (AvgIpc) is 2.92. The molecule has 0 radical (unpaired) electrons. The molecular formula is C14H16N4O3S. The fourth-order valence-electron chi connectivity index (χ4n) is 2.40. The van der Waals surface area contributed by atoms with Crippen LogP contribution in [0.25, 0.3) is 0 Å². The minimum atomic E-state index is -0.418. The zero-order valence-electron chi connectivity index (χ0n) is 12.3. The SMILES string of the molecule is Cc1cc(=O)[nH]c(C2CN(C(=O)c3scnc3C)CCO2)n1. The summed E-state index contributed by atoms with van der Waals surface area (Å²) in [4.78, 5) is 37.6. The Balaban J connectivity index is 1.81. The quantitative estimate of drug-likeness (QED) is 0.894. The van der Waals surface area contributed by atoms with Crippen molar-refractivity contribution in [2.24, 2.45) is 0 Å². The van der Waals surface area contributed by atoms with Gasteiger partial charge in [-0.1, -0.05) is 0 Å². The number of aromatic nitrogens is 3. The minimum Gasteiger partial charge on any atom is -0.367 e. The van der Waals surface area contributed by atoms with Crippen LogP contribution >= 0.6 is 11.3 Å². The van der Waals surface area contributed by atoms with E-state index >= 15 is 0 Å². The molecule has 0 saturated carbocycles. The van der Waals surface area contributed by atoms with Crippen molar-refractivity contribution >= 4 is 17.2 Å². The highest BCUT2D eigenvalue weighted by molar-refractivity contribution is 7.11. The topological polar surface area (TPSA) is 88.2 Å². The molecular weight excluding hydrogens is 304 g/mol. The zero-order chi connectivity index (χ0) is 15.7. The summed E-state index contributed by atoms with van der Waals surface area (Å²) in [5.74, 6) is 0.409. The molecule has 116 valence electrons. The van der Waals surface area contributed by atoms with Crippen LogP contribution in [0.1, 0.15) is 33.0 Å². The van der Waals surface area contributed by atoms with E-state index in [-0.39, 0.29) is 11.5 Å². The lowest BCUT2D eigenvalue weighted by molar-refractivity contribution is -0.0268. The van der Waals surface area contributed by atoms with E-state index in [9.17, 15) is 9.59 Å². The number of hydrogen-bond donors (Lipinski definition) is 1. The van der Waals surface area contributed by atoms with Gasteiger partial charge in [-0.25, -0.2) is 9.97 Å². The maximum atomic E-state index is 12.5. The van der Waals surface area contributed by atoms with Crippen LogP contribution in [0.15, 0.2) is 16.4 Å². The number of nitrogens with one attached hydrogen (secondary N) is 1. The number of carbonyl (C=O) groups is 1. The van der Waals surface area contributed by atoms with Gasteiger partial charge in [-0.05, 0) is 13.8 Å². The molecule has 0 aliphatic carbocycles. The Hall–Kier alpha value is -2.06. The van der Waals surface area contributed by atoms with Gasteiger partial charge in [-0.3, -0.25) is 9.59 Å². The number of amides is 1. The summed E-state index contributed by atoms with van der Waals surface area (Å²) in [6.45, 7) is 4.86. The van der Waals surface area contributed by atoms with Gasteiger partial charge in [0.25, 0.3) is 11.5 Å². The van der Waals surface area contributed by atoms with Gasteiger partial charge < -0.3 is 14.6 Å².